The molecule has 0 unspecified atom stereocenters. The van der Waals surface area contributed by atoms with Gasteiger partial charge in [-0.3, -0.25) is 4.79 Å². The van der Waals surface area contributed by atoms with Crippen LogP contribution in [0, 0.1) is 0 Å². The van der Waals surface area contributed by atoms with Crippen molar-refractivity contribution < 1.29 is 4.79 Å². The molecule has 70 valence electrons. The number of hydrogen-bond donors (Lipinski definition) is 1. The normalized spacial score (nSPS) is 9.85. The molecule has 0 radical (unpaired) electrons. The summed E-state index contributed by atoms with van der Waals surface area (Å²) >= 11 is 16.6. The Kier molecular flexibility index (Phi) is 3.36. The minimum atomic E-state index is -0.668. The van der Waals surface area contributed by atoms with Gasteiger partial charge in [0.15, 0.2) is 0 Å². The fraction of sp³-hybridized carbons (Fsp3) is 0.143. The Hall–Kier alpha value is -0.510. The molecule has 0 bridgehead atoms. The van der Waals surface area contributed by atoms with Crippen LogP contribution in [-0.4, -0.2) is 17.3 Å². The van der Waals surface area contributed by atoms with E-state index >= 15 is 0 Å². The van der Waals surface area contributed by atoms with Gasteiger partial charge in [0.1, 0.15) is 10.3 Å². The number of nitrogens with one attached hydrogen (secondary N) is 1. The van der Waals surface area contributed by atoms with Gasteiger partial charge in [-0.15, -0.1) is 0 Å². The first-order valence-electron chi connectivity index (χ1n) is 3.30. The van der Waals surface area contributed by atoms with Crippen LogP contribution < -0.4 is 5.32 Å². The summed E-state index contributed by atoms with van der Waals surface area (Å²) in [5.41, 5.74) is 0.597. The van der Waals surface area contributed by atoms with Gasteiger partial charge in [-0.1, -0.05) is 23.2 Å². The maximum absolute atomic E-state index is 10.9. The third-order valence-electron chi connectivity index (χ3n) is 1.41. The Bertz CT molecular complexity index is 354. The first-order valence-corrected chi connectivity index (χ1v) is 4.43. The van der Waals surface area contributed by atoms with Crippen LogP contribution in [0.2, 0.25) is 10.3 Å². The molecule has 13 heavy (non-hydrogen) atoms. The number of carbonyl (C=O) groups is 1. The SMILES string of the molecule is CNc1cc(Cl)nc(Cl)c1C(=O)Cl. The fourth-order valence-electron chi connectivity index (χ4n) is 0.868. The molecule has 0 spiro atoms. The van der Waals surface area contributed by atoms with E-state index in [9.17, 15) is 4.79 Å². The summed E-state index contributed by atoms with van der Waals surface area (Å²) < 4.78 is 0. The lowest BCUT2D eigenvalue weighted by Crippen LogP contribution is -2.01. The topological polar surface area (TPSA) is 42.0 Å². The predicted molar refractivity (Wildman–Crippen MR) is 54.0 cm³/mol. The molecule has 6 heteroatoms. The summed E-state index contributed by atoms with van der Waals surface area (Å²) in [5, 5.41) is 2.28. The molecule has 0 saturated heterocycles. The highest BCUT2D eigenvalue weighted by Gasteiger charge is 2.15. The van der Waals surface area contributed by atoms with E-state index in [1.54, 1.807) is 7.05 Å². The molecule has 3 nitrogen and oxygen atoms in total. The van der Waals surface area contributed by atoms with E-state index in [0.717, 1.165) is 0 Å². The minimum Gasteiger partial charge on any atom is -0.387 e. The zero-order valence-electron chi connectivity index (χ0n) is 6.57. The predicted octanol–water partition coefficient (Wildman–Crippen LogP) is 2.81. The summed E-state index contributed by atoms with van der Waals surface area (Å²) in [6.45, 7) is 0. The quantitative estimate of drug-likeness (QED) is 0.637. The van der Waals surface area contributed by atoms with Crippen molar-refractivity contribution in [3.63, 3.8) is 0 Å². The number of nitrogens with zero attached hydrogens (tertiary/aromatic N) is 1. The maximum Gasteiger partial charge on any atom is 0.257 e. The largest absolute Gasteiger partial charge is 0.387 e. The summed E-state index contributed by atoms with van der Waals surface area (Å²) in [7, 11) is 1.63. The molecule has 0 fully saturated rings. The van der Waals surface area contributed by atoms with Gasteiger partial charge >= 0.3 is 0 Å². The number of anilines is 1. The lowest BCUT2D eigenvalue weighted by atomic mass is 10.2. The maximum atomic E-state index is 10.9. The van der Waals surface area contributed by atoms with Crippen molar-refractivity contribution in [1.29, 1.82) is 0 Å². The summed E-state index contributed by atoms with van der Waals surface area (Å²) in [6, 6.07) is 1.48. The van der Waals surface area contributed by atoms with Crippen molar-refractivity contribution in [3.8, 4) is 0 Å². The number of halogens is 3. The molecule has 1 aromatic heterocycles. The summed E-state index contributed by atoms with van der Waals surface area (Å²) in [5.74, 6) is 0. The Morgan fingerprint density at radius 3 is 2.62 bits per heavy atom. The average Bonchev–Trinajstić information content (AvgIpc) is 2.01. The van der Waals surface area contributed by atoms with Crippen LogP contribution in [0.4, 0.5) is 5.69 Å². The van der Waals surface area contributed by atoms with Gasteiger partial charge in [0, 0.05) is 7.05 Å². The van der Waals surface area contributed by atoms with Crippen molar-refractivity contribution in [2.75, 3.05) is 12.4 Å². The van der Waals surface area contributed by atoms with Crippen molar-refractivity contribution in [1.82, 2.24) is 4.98 Å². The molecular weight excluding hydrogens is 234 g/mol. The first kappa shape index (κ1) is 10.6. The van der Waals surface area contributed by atoms with E-state index in [0.29, 0.717) is 5.69 Å². The number of hydrogen-bond acceptors (Lipinski definition) is 3. The van der Waals surface area contributed by atoms with Crippen LogP contribution in [0.3, 0.4) is 0 Å². The monoisotopic (exact) mass is 238 g/mol. The highest BCUT2D eigenvalue weighted by Crippen LogP contribution is 2.27. The molecule has 1 N–H and O–H groups in total. The lowest BCUT2D eigenvalue weighted by molar-refractivity contribution is 0.108. The molecule has 0 aliphatic carbocycles. The second-order valence-electron chi connectivity index (χ2n) is 2.18. The number of pyridine rings is 1. The van der Waals surface area contributed by atoms with E-state index in [-0.39, 0.29) is 15.9 Å². The molecule has 0 aliphatic heterocycles. The average molecular weight is 239 g/mol. The van der Waals surface area contributed by atoms with Crippen LogP contribution >= 0.6 is 34.8 Å². The standard InChI is InChI=1S/C7H5Cl3N2O/c1-11-3-2-4(8)12-6(9)5(3)7(10)13/h2H,1H3,(H,11,12). The lowest BCUT2D eigenvalue weighted by Gasteiger charge is -2.06. The molecular formula is C7H5Cl3N2O. The third-order valence-corrected chi connectivity index (χ3v) is 2.07. The Morgan fingerprint density at radius 1 is 1.54 bits per heavy atom. The Labute approximate surface area is 90.0 Å². The van der Waals surface area contributed by atoms with Crippen LogP contribution in [0.5, 0.6) is 0 Å². The first-order chi connectivity index (χ1) is 6.06. The Morgan fingerprint density at radius 2 is 2.15 bits per heavy atom. The fourth-order valence-corrected chi connectivity index (χ4v) is 1.62. The number of rotatable bonds is 2. The number of carbonyl (C=O) groups excluding carboxylic acids is 1. The second kappa shape index (κ2) is 4.13. The zero-order valence-corrected chi connectivity index (χ0v) is 8.83. The van der Waals surface area contributed by atoms with Gasteiger partial charge in [0.25, 0.3) is 5.24 Å². The van der Waals surface area contributed by atoms with E-state index in [4.69, 9.17) is 34.8 Å². The molecule has 1 rings (SSSR count). The van der Waals surface area contributed by atoms with Crippen LogP contribution in [0.25, 0.3) is 0 Å². The molecule has 0 saturated carbocycles. The molecule has 0 aliphatic rings. The molecule has 1 heterocycles. The molecule has 0 aromatic carbocycles. The zero-order chi connectivity index (χ0) is 10.0. The Balaban J connectivity index is 3.38. The smallest absolute Gasteiger partial charge is 0.257 e. The number of aromatic nitrogens is 1. The minimum absolute atomic E-state index is 0.00292. The van der Waals surface area contributed by atoms with Gasteiger partial charge in [0.05, 0.1) is 11.3 Å². The van der Waals surface area contributed by atoms with E-state index in [1.807, 2.05) is 0 Å². The van der Waals surface area contributed by atoms with Crippen molar-refractivity contribution in [2.45, 2.75) is 0 Å². The van der Waals surface area contributed by atoms with E-state index < -0.39 is 5.24 Å². The van der Waals surface area contributed by atoms with Crippen molar-refractivity contribution in [2.24, 2.45) is 0 Å². The van der Waals surface area contributed by atoms with Gasteiger partial charge in [-0.25, -0.2) is 4.98 Å². The van der Waals surface area contributed by atoms with Crippen LogP contribution in [0.1, 0.15) is 10.4 Å². The van der Waals surface area contributed by atoms with Gasteiger partial charge < -0.3 is 5.32 Å². The second-order valence-corrected chi connectivity index (χ2v) is 3.27. The van der Waals surface area contributed by atoms with Gasteiger partial charge in [-0.2, -0.15) is 0 Å². The van der Waals surface area contributed by atoms with E-state index in [2.05, 4.69) is 10.3 Å². The highest BCUT2D eigenvalue weighted by molar-refractivity contribution is 6.69. The van der Waals surface area contributed by atoms with Crippen molar-refractivity contribution >= 4 is 45.7 Å². The summed E-state index contributed by atoms with van der Waals surface area (Å²) in [4.78, 5) is 14.6. The highest BCUT2D eigenvalue weighted by atomic mass is 35.5. The van der Waals surface area contributed by atoms with E-state index in [1.165, 1.54) is 6.07 Å². The summed E-state index contributed by atoms with van der Waals surface area (Å²) in [6.07, 6.45) is 0. The molecule has 0 amide bonds. The van der Waals surface area contributed by atoms with Gasteiger partial charge in [0.2, 0.25) is 0 Å². The van der Waals surface area contributed by atoms with Crippen molar-refractivity contribution in [3.05, 3.63) is 21.9 Å². The molecule has 1 aromatic rings. The third kappa shape index (κ3) is 2.24. The van der Waals surface area contributed by atoms with Gasteiger partial charge in [-0.05, 0) is 17.7 Å². The van der Waals surface area contributed by atoms with Crippen LogP contribution in [0.15, 0.2) is 6.07 Å². The van der Waals surface area contributed by atoms with Crippen LogP contribution in [-0.2, 0) is 0 Å². The molecule has 0 atom stereocenters.